The number of carbonyl (C=O) groups is 2. The first-order valence-corrected chi connectivity index (χ1v) is 11.3. The molecule has 4 rings (SSSR count). The van der Waals surface area contributed by atoms with Crippen LogP contribution in [0.25, 0.3) is 0 Å². The van der Waals surface area contributed by atoms with Gasteiger partial charge in [0.2, 0.25) is 11.1 Å². The van der Waals surface area contributed by atoms with Crippen LogP contribution in [0.15, 0.2) is 91.3 Å². The zero-order valence-electron chi connectivity index (χ0n) is 19.3. The molecular weight excluding hydrogens is 474 g/mol. The average molecular weight is 498 g/mol. The molecule has 0 bridgehead atoms. The SMILES string of the molecule is Nc1ncnc(N)c1C#Cc1cccc(NC(=O)Cc2ccccc2)c1.O=C(Cl)Cc1ccccc1. The Morgan fingerprint density at radius 3 is 1.94 bits per heavy atom. The van der Waals surface area contributed by atoms with Gasteiger partial charge in [-0.3, -0.25) is 9.59 Å². The minimum absolute atomic E-state index is 0.0914. The summed E-state index contributed by atoms with van der Waals surface area (Å²) in [4.78, 5) is 30.3. The highest BCUT2D eigenvalue weighted by Crippen LogP contribution is 2.14. The van der Waals surface area contributed by atoms with E-state index >= 15 is 0 Å². The van der Waals surface area contributed by atoms with Crippen LogP contribution < -0.4 is 16.8 Å². The highest BCUT2D eigenvalue weighted by Gasteiger charge is 2.05. The summed E-state index contributed by atoms with van der Waals surface area (Å²) < 4.78 is 0. The second-order valence-electron chi connectivity index (χ2n) is 7.58. The van der Waals surface area contributed by atoms with Gasteiger partial charge in [0.05, 0.1) is 6.42 Å². The first kappa shape index (κ1) is 25.9. The zero-order valence-corrected chi connectivity index (χ0v) is 20.1. The van der Waals surface area contributed by atoms with E-state index in [0.717, 1.165) is 11.1 Å². The monoisotopic (exact) mass is 497 g/mol. The van der Waals surface area contributed by atoms with E-state index in [4.69, 9.17) is 23.1 Å². The molecule has 4 aromatic rings. The van der Waals surface area contributed by atoms with Crippen molar-refractivity contribution in [2.75, 3.05) is 16.8 Å². The Bertz CT molecular complexity index is 1360. The summed E-state index contributed by atoms with van der Waals surface area (Å²) in [7, 11) is 0. The number of rotatable bonds is 5. The fourth-order valence-electron chi connectivity index (χ4n) is 3.09. The standard InChI is InChI=1S/C20H17N5O.C8H7ClO/c21-19-17(20(22)24-13-23-19)10-9-15-7-4-8-16(11-15)25-18(26)12-14-5-2-1-3-6-14;9-8(10)6-7-4-2-1-3-5-7/h1-8,11,13H,12H2,(H,25,26)(H4,21,22,23,24);1-5H,6H2. The van der Waals surface area contributed by atoms with Crippen molar-refractivity contribution in [2.45, 2.75) is 12.8 Å². The maximum absolute atomic E-state index is 12.2. The first-order valence-electron chi connectivity index (χ1n) is 10.9. The highest BCUT2D eigenvalue weighted by atomic mass is 35.5. The van der Waals surface area contributed by atoms with Crippen molar-refractivity contribution in [1.29, 1.82) is 0 Å². The second-order valence-corrected chi connectivity index (χ2v) is 8.00. The molecule has 0 unspecified atom stereocenters. The summed E-state index contributed by atoms with van der Waals surface area (Å²) in [5.41, 5.74) is 15.2. The number of nitrogen functional groups attached to an aromatic ring is 2. The van der Waals surface area contributed by atoms with Crippen LogP contribution >= 0.6 is 11.6 Å². The number of hydrogen-bond donors (Lipinski definition) is 3. The normalized spacial score (nSPS) is 9.69. The molecular formula is C28H24ClN5O2. The fourth-order valence-corrected chi connectivity index (χ4v) is 3.25. The van der Waals surface area contributed by atoms with Crippen LogP contribution in [0.3, 0.4) is 0 Å². The Labute approximate surface area is 214 Å². The molecule has 0 spiro atoms. The highest BCUT2D eigenvalue weighted by molar-refractivity contribution is 6.63. The predicted octanol–water partition coefficient (Wildman–Crippen LogP) is 4.22. The first-order chi connectivity index (χ1) is 17.4. The number of benzene rings is 3. The van der Waals surface area contributed by atoms with E-state index in [1.807, 2.05) is 78.9 Å². The molecule has 8 heteroatoms. The van der Waals surface area contributed by atoms with Crippen molar-refractivity contribution < 1.29 is 9.59 Å². The third kappa shape index (κ3) is 8.60. The Hall–Kier alpha value is -4.67. The van der Waals surface area contributed by atoms with Crippen LogP contribution in [0.1, 0.15) is 22.3 Å². The number of nitrogens with two attached hydrogens (primary N) is 2. The molecule has 0 saturated heterocycles. The van der Waals surface area contributed by atoms with Crippen molar-refractivity contribution in [3.63, 3.8) is 0 Å². The number of halogens is 1. The van der Waals surface area contributed by atoms with Gasteiger partial charge in [0.15, 0.2) is 0 Å². The van der Waals surface area contributed by atoms with Crippen LogP contribution in [0.2, 0.25) is 0 Å². The van der Waals surface area contributed by atoms with Crippen molar-refractivity contribution in [3.05, 3.63) is 114 Å². The molecule has 3 aromatic carbocycles. The van der Waals surface area contributed by atoms with E-state index in [2.05, 4.69) is 27.1 Å². The van der Waals surface area contributed by atoms with Crippen molar-refractivity contribution >= 4 is 40.1 Å². The number of aromatic nitrogens is 2. The van der Waals surface area contributed by atoms with E-state index in [-0.39, 0.29) is 22.8 Å². The summed E-state index contributed by atoms with van der Waals surface area (Å²) in [6, 6.07) is 26.2. The van der Waals surface area contributed by atoms with Gasteiger partial charge in [-0.05, 0) is 40.9 Å². The number of nitrogens with zero attached hydrogens (tertiary/aromatic N) is 2. The smallest absolute Gasteiger partial charge is 0.228 e. The number of carbonyl (C=O) groups excluding carboxylic acids is 2. The lowest BCUT2D eigenvalue weighted by molar-refractivity contribution is -0.115. The van der Waals surface area contributed by atoms with Gasteiger partial charge in [-0.25, -0.2) is 9.97 Å². The van der Waals surface area contributed by atoms with Crippen LogP contribution in [-0.2, 0) is 22.4 Å². The lowest BCUT2D eigenvalue weighted by Crippen LogP contribution is -2.14. The van der Waals surface area contributed by atoms with E-state index < -0.39 is 0 Å². The van der Waals surface area contributed by atoms with Gasteiger partial charge in [0, 0.05) is 17.7 Å². The topological polar surface area (TPSA) is 124 Å². The molecule has 0 aliphatic carbocycles. The third-order valence-electron chi connectivity index (χ3n) is 4.78. The predicted molar refractivity (Wildman–Crippen MR) is 143 cm³/mol. The molecule has 180 valence electrons. The number of hydrogen-bond acceptors (Lipinski definition) is 6. The number of nitrogens with one attached hydrogen (secondary N) is 1. The van der Waals surface area contributed by atoms with Crippen LogP contribution in [0, 0.1) is 11.8 Å². The molecule has 1 amide bonds. The molecule has 5 N–H and O–H groups in total. The minimum Gasteiger partial charge on any atom is -0.382 e. The van der Waals surface area contributed by atoms with Gasteiger partial charge < -0.3 is 16.8 Å². The molecule has 0 radical (unpaired) electrons. The molecule has 0 aliphatic heterocycles. The van der Waals surface area contributed by atoms with Gasteiger partial charge in [0.1, 0.15) is 23.5 Å². The second kappa shape index (κ2) is 13.3. The fraction of sp³-hybridized carbons (Fsp3) is 0.0714. The van der Waals surface area contributed by atoms with Crippen LogP contribution in [0.5, 0.6) is 0 Å². The molecule has 0 aliphatic rings. The largest absolute Gasteiger partial charge is 0.382 e. The lowest BCUT2D eigenvalue weighted by atomic mass is 10.1. The summed E-state index contributed by atoms with van der Waals surface area (Å²) in [5, 5.41) is 2.56. The third-order valence-corrected chi connectivity index (χ3v) is 4.91. The zero-order chi connectivity index (χ0) is 25.8. The maximum Gasteiger partial charge on any atom is 0.228 e. The Morgan fingerprint density at radius 1 is 0.778 bits per heavy atom. The van der Waals surface area contributed by atoms with Crippen LogP contribution in [-0.4, -0.2) is 21.1 Å². The average Bonchev–Trinajstić information content (AvgIpc) is 2.85. The van der Waals surface area contributed by atoms with Crippen molar-refractivity contribution in [2.24, 2.45) is 0 Å². The Kier molecular flexibility index (Phi) is 9.57. The molecule has 0 fully saturated rings. The quantitative estimate of drug-likeness (QED) is 0.280. The van der Waals surface area contributed by atoms with Crippen molar-refractivity contribution in [3.8, 4) is 11.8 Å². The summed E-state index contributed by atoms with van der Waals surface area (Å²) in [6.07, 6.45) is 1.92. The van der Waals surface area contributed by atoms with Gasteiger partial charge in [0.25, 0.3) is 0 Å². The summed E-state index contributed by atoms with van der Waals surface area (Å²) in [6.45, 7) is 0. The number of amides is 1. The molecule has 7 nitrogen and oxygen atoms in total. The van der Waals surface area contributed by atoms with Gasteiger partial charge in [-0.1, -0.05) is 78.6 Å². The minimum atomic E-state index is -0.314. The molecule has 1 aromatic heterocycles. The van der Waals surface area contributed by atoms with E-state index in [9.17, 15) is 9.59 Å². The summed E-state index contributed by atoms with van der Waals surface area (Å²) >= 11 is 5.17. The lowest BCUT2D eigenvalue weighted by Gasteiger charge is -2.06. The van der Waals surface area contributed by atoms with E-state index in [1.54, 1.807) is 6.07 Å². The van der Waals surface area contributed by atoms with Crippen molar-refractivity contribution in [1.82, 2.24) is 9.97 Å². The van der Waals surface area contributed by atoms with E-state index in [1.165, 1.54) is 6.33 Å². The Balaban J connectivity index is 0.000000303. The van der Waals surface area contributed by atoms with Gasteiger partial charge in [-0.2, -0.15) is 0 Å². The maximum atomic E-state index is 12.2. The molecule has 1 heterocycles. The number of anilines is 3. The molecule has 0 saturated carbocycles. The van der Waals surface area contributed by atoms with E-state index in [0.29, 0.717) is 29.7 Å². The van der Waals surface area contributed by atoms with Gasteiger partial charge >= 0.3 is 0 Å². The Morgan fingerprint density at radius 2 is 1.36 bits per heavy atom. The van der Waals surface area contributed by atoms with Crippen LogP contribution in [0.4, 0.5) is 17.3 Å². The molecule has 36 heavy (non-hydrogen) atoms. The summed E-state index contributed by atoms with van der Waals surface area (Å²) in [5.74, 6) is 6.22. The molecule has 0 atom stereocenters. The van der Waals surface area contributed by atoms with Gasteiger partial charge in [-0.15, -0.1) is 0 Å².